The first-order valence-corrected chi connectivity index (χ1v) is 14.3. The summed E-state index contributed by atoms with van der Waals surface area (Å²) < 4.78 is 37.7. The molecule has 17 nitrogen and oxygen atoms in total. The maximum atomic E-state index is 13.7. The summed E-state index contributed by atoms with van der Waals surface area (Å²) in [4.78, 5) is 99.1. The Balaban J connectivity index is 2.59. The molecule has 1 saturated heterocycles. The van der Waals surface area contributed by atoms with E-state index in [-0.39, 0.29) is 6.61 Å². The van der Waals surface area contributed by atoms with E-state index in [2.05, 4.69) is 10.6 Å². The van der Waals surface area contributed by atoms with Crippen LogP contribution >= 0.6 is 0 Å². The van der Waals surface area contributed by atoms with E-state index < -0.39 is 103 Å². The molecule has 0 aromatic heterocycles. The predicted molar refractivity (Wildman–Crippen MR) is 154 cm³/mol. The van der Waals surface area contributed by atoms with Gasteiger partial charge in [-0.15, -0.1) is 0 Å². The molecule has 1 aromatic rings. The Bertz CT molecular complexity index is 1330. The van der Waals surface area contributed by atoms with Gasteiger partial charge < -0.3 is 43.8 Å². The predicted octanol–water partition coefficient (Wildman–Crippen LogP) is -0.243. The van der Waals surface area contributed by atoms with Crippen LogP contribution in [0.5, 0.6) is 0 Å². The summed E-state index contributed by atoms with van der Waals surface area (Å²) in [6, 6.07) is 7.22. The van der Waals surface area contributed by atoms with E-state index in [1.165, 1.54) is 0 Å². The van der Waals surface area contributed by atoms with Gasteiger partial charge in [-0.2, -0.15) is 0 Å². The standard InChI is InChI=1S/C30H38N2O15/c1-16(33)32-26-23(43-18(3)35)12-30(46-21(6)38,29(40)31-13-25(39)42-14-22-10-8-7-9-11-22)47-28(26)27(45-20(5)37)24(44-19(4)36)15-41-17(2)34/h7-11,23-24,26-28H,12-15H2,1-6H3,(H,31,40)(H,32,33)/t23-,24+,26+,27+,28+,30-/m0/s1. The Morgan fingerprint density at radius 1 is 0.830 bits per heavy atom. The maximum absolute atomic E-state index is 13.7. The number of benzene rings is 1. The van der Waals surface area contributed by atoms with E-state index in [4.69, 9.17) is 33.2 Å². The van der Waals surface area contributed by atoms with Crippen molar-refractivity contribution < 1.29 is 71.5 Å². The summed E-state index contributed by atoms with van der Waals surface area (Å²) in [7, 11) is 0. The summed E-state index contributed by atoms with van der Waals surface area (Å²) in [5, 5.41) is 4.76. The van der Waals surface area contributed by atoms with Crippen molar-refractivity contribution in [3.63, 3.8) is 0 Å². The highest BCUT2D eigenvalue weighted by Crippen LogP contribution is 2.36. The van der Waals surface area contributed by atoms with Crippen LogP contribution in [-0.2, 0) is 78.1 Å². The molecule has 1 heterocycles. The lowest BCUT2D eigenvalue weighted by Gasteiger charge is -2.48. The molecule has 47 heavy (non-hydrogen) atoms. The summed E-state index contributed by atoms with van der Waals surface area (Å²) in [6.07, 6.45) is -7.45. The lowest BCUT2D eigenvalue weighted by Crippen LogP contribution is -2.70. The third-order valence-corrected chi connectivity index (χ3v) is 6.29. The number of hydrogen-bond acceptors (Lipinski definition) is 15. The number of amides is 2. The molecule has 0 spiro atoms. The fraction of sp³-hybridized carbons (Fsp3) is 0.533. The van der Waals surface area contributed by atoms with E-state index in [1.807, 2.05) is 0 Å². The van der Waals surface area contributed by atoms with Crippen molar-refractivity contribution in [1.29, 1.82) is 0 Å². The molecule has 0 saturated carbocycles. The lowest BCUT2D eigenvalue weighted by atomic mass is 9.87. The van der Waals surface area contributed by atoms with Crippen LogP contribution < -0.4 is 10.6 Å². The Kier molecular flexibility index (Phi) is 14.3. The van der Waals surface area contributed by atoms with Crippen molar-refractivity contribution in [2.45, 2.75) is 90.8 Å². The highest BCUT2D eigenvalue weighted by atomic mass is 16.7. The first kappa shape index (κ1) is 38.1. The number of esters is 6. The van der Waals surface area contributed by atoms with Gasteiger partial charge in [0.05, 0.1) is 12.5 Å². The minimum absolute atomic E-state index is 0.111. The number of carbonyl (C=O) groups is 8. The van der Waals surface area contributed by atoms with Gasteiger partial charge in [-0.3, -0.25) is 38.4 Å². The molecule has 1 aromatic carbocycles. The van der Waals surface area contributed by atoms with Crippen LogP contribution in [0.3, 0.4) is 0 Å². The topological polar surface area (TPSA) is 225 Å². The fourth-order valence-electron chi connectivity index (χ4n) is 4.68. The number of rotatable bonds is 14. The van der Waals surface area contributed by atoms with Gasteiger partial charge in [-0.1, -0.05) is 30.3 Å². The minimum Gasteiger partial charge on any atom is -0.462 e. The summed E-state index contributed by atoms with van der Waals surface area (Å²) in [5.41, 5.74) is 0.669. The molecule has 2 amide bonds. The Morgan fingerprint density at radius 2 is 1.47 bits per heavy atom. The number of nitrogens with one attached hydrogen (secondary N) is 2. The molecule has 0 aliphatic carbocycles. The molecular weight excluding hydrogens is 628 g/mol. The second-order valence-electron chi connectivity index (χ2n) is 10.4. The smallest absolute Gasteiger partial charge is 0.325 e. The average Bonchev–Trinajstić information content (AvgIpc) is 2.96. The third-order valence-electron chi connectivity index (χ3n) is 6.29. The fourth-order valence-corrected chi connectivity index (χ4v) is 4.68. The molecule has 1 aliphatic heterocycles. The normalized spacial score (nSPS) is 21.4. The van der Waals surface area contributed by atoms with Gasteiger partial charge in [0.2, 0.25) is 5.91 Å². The second kappa shape index (κ2) is 17.6. The van der Waals surface area contributed by atoms with E-state index in [0.29, 0.717) is 5.56 Å². The van der Waals surface area contributed by atoms with E-state index in [0.717, 1.165) is 41.5 Å². The van der Waals surface area contributed by atoms with Crippen molar-refractivity contribution in [2.24, 2.45) is 0 Å². The second-order valence-corrected chi connectivity index (χ2v) is 10.4. The molecule has 2 rings (SSSR count). The molecule has 1 aliphatic rings. The largest absolute Gasteiger partial charge is 0.462 e. The summed E-state index contributed by atoms with van der Waals surface area (Å²) in [6.45, 7) is 4.58. The molecule has 0 bridgehead atoms. The zero-order chi connectivity index (χ0) is 35.3. The number of hydrogen-bond donors (Lipinski definition) is 2. The van der Waals surface area contributed by atoms with Gasteiger partial charge in [0.15, 0.2) is 12.2 Å². The first-order chi connectivity index (χ1) is 22.0. The zero-order valence-corrected chi connectivity index (χ0v) is 26.7. The average molecular weight is 667 g/mol. The van der Waals surface area contributed by atoms with Crippen LogP contribution in [0, 0.1) is 0 Å². The van der Waals surface area contributed by atoms with Crippen molar-refractivity contribution >= 4 is 47.6 Å². The SMILES string of the molecule is CC(=O)N[C@H]1[C@H]([C@H](OC(C)=O)[C@@H](COC(C)=O)OC(C)=O)O[C@](OC(C)=O)(C(=O)NCC(=O)OCc2ccccc2)C[C@@H]1OC(C)=O. The monoisotopic (exact) mass is 666 g/mol. The third kappa shape index (κ3) is 12.3. The van der Waals surface area contributed by atoms with Crippen molar-refractivity contribution in [3.8, 4) is 0 Å². The molecule has 0 unspecified atom stereocenters. The van der Waals surface area contributed by atoms with Crippen LogP contribution in [0.4, 0.5) is 0 Å². The Hall–Kier alpha value is -5.06. The van der Waals surface area contributed by atoms with Crippen molar-refractivity contribution in [1.82, 2.24) is 10.6 Å². The molecule has 17 heteroatoms. The van der Waals surface area contributed by atoms with Crippen LogP contribution in [0.2, 0.25) is 0 Å². The lowest BCUT2D eigenvalue weighted by molar-refractivity contribution is -0.296. The van der Waals surface area contributed by atoms with Gasteiger partial charge in [0.1, 0.15) is 32.0 Å². The Morgan fingerprint density at radius 3 is 2.00 bits per heavy atom. The molecule has 0 radical (unpaired) electrons. The molecular formula is C30H38N2O15. The van der Waals surface area contributed by atoms with Gasteiger partial charge >= 0.3 is 35.8 Å². The van der Waals surface area contributed by atoms with Crippen LogP contribution in [0.25, 0.3) is 0 Å². The molecule has 258 valence electrons. The van der Waals surface area contributed by atoms with Crippen molar-refractivity contribution in [2.75, 3.05) is 13.2 Å². The van der Waals surface area contributed by atoms with Gasteiger partial charge in [-0.05, 0) is 5.56 Å². The number of ether oxygens (including phenoxy) is 7. The van der Waals surface area contributed by atoms with Gasteiger partial charge in [0.25, 0.3) is 11.7 Å². The molecule has 2 N–H and O–H groups in total. The molecule has 6 atom stereocenters. The zero-order valence-electron chi connectivity index (χ0n) is 26.7. The van der Waals surface area contributed by atoms with Crippen molar-refractivity contribution in [3.05, 3.63) is 35.9 Å². The molecule has 1 fully saturated rings. The van der Waals surface area contributed by atoms with Crippen LogP contribution in [0.1, 0.15) is 53.5 Å². The van der Waals surface area contributed by atoms with Gasteiger partial charge in [0, 0.05) is 41.5 Å². The summed E-state index contributed by atoms with van der Waals surface area (Å²) >= 11 is 0. The van der Waals surface area contributed by atoms with E-state index in [9.17, 15) is 38.4 Å². The maximum Gasteiger partial charge on any atom is 0.325 e. The van der Waals surface area contributed by atoms with E-state index >= 15 is 0 Å². The quantitative estimate of drug-likeness (QED) is 0.193. The highest BCUT2D eigenvalue weighted by molar-refractivity contribution is 5.89. The Labute approximate surface area is 269 Å². The first-order valence-electron chi connectivity index (χ1n) is 14.3. The summed E-state index contributed by atoms with van der Waals surface area (Å²) in [5.74, 6) is -10.1. The van der Waals surface area contributed by atoms with Crippen LogP contribution in [-0.4, -0.2) is 97.0 Å². The minimum atomic E-state index is -2.69. The van der Waals surface area contributed by atoms with E-state index in [1.54, 1.807) is 30.3 Å². The highest BCUT2D eigenvalue weighted by Gasteiger charge is 2.59. The van der Waals surface area contributed by atoms with Crippen LogP contribution in [0.15, 0.2) is 30.3 Å². The number of carbonyl (C=O) groups excluding carboxylic acids is 8. The van der Waals surface area contributed by atoms with Gasteiger partial charge in [-0.25, -0.2) is 0 Å².